The Kier molecular flexibility index (Phi) is 5.36. The van der Waals surface area contributed by atoms with E-state index in [4.69, 9.17) is 0 Å². The van der Waals surface area contributed by atoms with E-state index in [0.717, 1.165) is 21.0 Å². The molecule has 3 heterocycles. The van der Waals surface area contributed by atoms with E-state index in [0.29, 0.717) is 50.2 Å². The van der Waals surface area contributed by atoms with Crippen LogP contribution in [0.3, 0.4) is 0 Å². The molecule has 1 aliphatic rings. The number of aryl methyl sites for hydroxylation is 3. The molecule has 1 fully saturated rings. The lowest BCUT2D eigenvalue weighted by molar-refractivity contribution is -0.131. The topological polar surface area (TPSA) is 69.3 Å². The third kappa shape index (κ3) is 4.03. The lowest BCUT2D eigenvalue weighted by Crippen LogP contribution is -2.48. The number of aromatic amines is 1. The fraction of sp³-hybridized carbons (Fsp3) is 0.381. The first-order valence-electron chi connectivity index (χ1n) is 9.69. The number of benzene rings is 1. The molecule has 29 heavy (non-hydrogen) atoms. The predicted octanol–water partition coefficient (Wildman–Crippen LogP) is 3.02. The summed E-state index contributed by atoms with van der Waals surface area (Å²) in [6, 6.07) is 6.43. The number of thiophene rings is 1. The summed E-state index contributed by atoms with van der Waals surface area (Å²) in [5.41, 5.74) is 1.81. The number of hydrogen-bond acceptors (Lipinski definition) is 5. The Morgan fingerprint density at radius 1 is 1.17 bits per heavy atom. The second-order valence-electron chi connectivity index (χ2n) is 7.32. The molecule has 0 radical (unpaired) electrons. The summed E-state index contributed by atoms with van der Waals surface area (Å²) in [4.78, 5) is 38.2. The summed E-state index contributed by atoms with van der Waals surface area (Å²) in [6.07, 6.45) is 0.729. The van der Waals surface area contributed by atoms with Crippen LogP contribution in [0, 0.1) is 19.7 Å². The van der Waals surface area contributed by atoms with Gasteiger partial charge in [-0.2, -0.15) is 0 Å². The molecule has 0 spiro atoms. The Morgan fingerprint density at radius 2 is 1.86 bits per heavy atom. The van der Waals surface area contributed by atoms with Crippen molar-refractivity contribution < 1.29 is 9.18 Å². The molecule has 6 nitrogen and oxygen atoms in total. The van der Waals surface area contributed by atoms with Crippen LogP contribution in [0.25, 0.3) is 10.2 Å². The molecule has 1 N–H and O–H groups in total. The van der Waals surface area contributed by atoms with Crippen LogP contribution in [0.15, 0.2) is 29.1 Å². The number of hydrogen-bond donors (Lipinski definition) is 1. The maximum absolute atomic E-state index is 13.1. The molecule has 0 atom stereocenters. The molecule has 1 saturated heterocycles. The number of amides is 1. The lowest BCUT2D eigenvalue weighted by atomic mass is 10.2. The van der Waals surface area contributed by atoms with Crippen molar-refractivity contribution in [1.29, 1.82) is 0 Å². The van der Waals surface area contributed by atoms with Crippen molar-refractivity contribution in [2.45, 2.75) is 26.7 Å². The molecule has 0 unspecified atom stereocenters. The SMILES string of the molecule is Cc1sc2nc(CCC(=O)N3CCN(c4ccc(F)cc4)CC3)[nH]c(=O)c2c1C. The van der Waals surface area contributed by atoms with Crippen LogP contribution in [-0.2, 0) is 11.2 Å². The first-order chi connectivity index (χ1) is 13.9. The zero-order valence-electron chi connectivity index (χ0n) is 16.5. The number of carbonyl (C=O) groups excluding carboxylic acids is 1. The smallest absolute Gasteiger partial charge is 0.259 e. The molecule has 1 amide bonds. The van der Waals surface area contributed by atoms with Gasteiger partial charge in [0.15, 0.2) is 0 Å². The van der Waals surface area contributed by atoms with E-state index in [1.165, 1.54) is 23.5 Å². The van der Waals surface area contributed by atoms with E-state index < -0.39 is 0 Å². The zero-order valence-corrected chi connectivity index (χ0v) is 17.3. The maximum atomic E-state index is 13.1. The predicted molar refractivity (Wildman–Crippen MR) is 113 cm³/mol. The molecule has 3 aromatic rings. The highest BCUT2D eigenvalue weighted by Gasteiger charge is 2.21. The maximum Gasteiger partial charge on any atom is 0.259 e. The molecule has 8 heteroatoms. The third-order valence-electron chi connectivity index (χ3n) is 5.49. The second-order valence-corrected chi connectivity index (χ2v) is 8.52. The second kappa shape index (κ2) is 7.94. The van der Waals surface area contributed by atoms with Crippen molar-refractivity contribution in [2.24, 2.45) is 0 Å². The van der Waals surface area contributed by atoms with Crippen LogP contribution >= 0.6 is 11.3 Å². The Bertz CT molecular complexity index is 1100. The number of anilines is 1. The Labute approximate surface area is 172 Å². The van der Waals surface area contributed by atoms with Gasteiger partial charge in [0.25, 0.3) is 5.56 Å². The van der Waals surface area contributed by atoms with Gasteiger partial charge in [-0.25, -0.2) is 9.37 Å². The van der Waals surface area contributed by atoms with Gasteiger partial charge in [0.05, 0.1) is 5.39 Å². The molecule has 0 bridgehead atoms. The summed E-state index contributed by atoms with van der Waals surface area (Å²) in [5, 5.41) is 0.652. The average molecular weight is 415 g/mol. The van der Waals surface area contributed by atoms with Crippen LogP contribution in [0.4, 0.5) is 10.1 Å². The normalized spacial score (nSPS) is 14.6. The number of fused-ring (bicyclic) bond motifs is 1. The van der Waals surface area contributed by atoms with Gasteiger partial charge in [-0.1, -0.05) is 0 Å². The molecule has 4 rings (SSSR count). The molecule has 152 valence electrons. The van der Waals surface area contributed by atoms with E-state index in [2.05, 4.69) is 14.9 Å². The molecule has 1 aromatic carbocycles. The van der Waals surface area contributed by atoms with Crippen molar-refractivity contribution in [3.8, 4) is 0 Å². The Balaban J connectivity index is 1.35. The molecular weight excluding hydrogens is 391 g/mol. The van der Waals surface area contributed by atoms with Gasteiger partial charge in [0, 0.05) is 49.6 Å². The Morgan fingerprint density at radius 3 is 2.55 bits per heavy atom. The summed E-state index contributed by atoms with van der Waals surface area (Å²) < 4.78 is 13.1. The Hall–Kier alpha value is -2.74. The van der Waals surface area contributed by atoms with Crippen LogP contribution in [0.1, 0.15) is 22.7 Å². The summed E-state index contributed by atoms with van der Waals surface area (Å²) in [7, 11) is 0. The first-order valence-corrected chi connectivity index (χ1v) is 10.5. The highest BCUT2D eigenvalue weighted by Crippen LogP contribution is 2.25. The summed E-state index contributed by atoms with van der Waals surface area (Å²) in [5.74, 6) is 0.368. The highest BCUT2D eigenvalue weighted by molar-refractivity contribution is 7.18. The standard InChI is InChI=1S/C21H23FN4O2S/c1-13-14(2)29-21-19(13)20(28)23-17(24-21)7-8-18(27)26-11-9-25(10-12-26)16-5-3-15(22)4-6-16/h3-6H,7-12H2,1-2H3,(H,23,24,28). The quantitative estimate of drug-likeness (QED) is 0.713. The lowest BCUT2D eigenvalue weighted by Gasteiger charge is -2.36. The van der Waals surface area contributed by atoms with Gasteiger partial charge >= 0.3 is 0 Å². The van der Waals surface area contributed by atoms with Crippen LogP contribution < -0.4 is 10.5 Å². The molecular formula is C21H23FN4O2S. The molecule has 0 aliphatic carbocycles. The third-order valence-corrected chi connectivity index (χ3v) is 6.59. The van der Waals surface area contributed by atoms with Gasteiger partial charge < -0.3 is 14.8 Å². The summed E-state index contributed by atoms with van der Waals surface area (Å²) in [6.45, 7) is 6.60. The molecule has 0 saturated carbocycles. The number of halogens is 1. The average Bonchev–Trinajstić information content (AvgIpc) is 3.01. The van der Waals surface area contributed by atoms with Gasteiger partial charge in [0.1, 0.15) is 16.5 Å². The highest BCUT2D eigenvalue weighted by atomic mass is 32.1. The van der Waals surface area contributed by atoms with Gasteiger partial charge in [-0.15, -0.1) is 11.3 Å². The monoisotopic (exact) mass is 414 g/mol. The molecule has 1 aliphatic heterocycles. The largest absolute Gasteiger partial charge is 0.368 e. The van der Waals surface area contributed by atoms with E-state index >= 15 is 0 Å². The van der Waals surface area contributed by atoms with Gasteiger partial charge in [-0.05, 0) is 43.7 Å². The minimum atomic E-state index is -0.250. The number of nitrogens with one attached hydrogen (secondary N) is 1. The number of aromatic nitrogens is 2. The van der Waals surface area contributed by atoms with E-state index in [9.17, 15) is 14.0 Å². The van der Waals surface area contributed by atoms with E-state index in [1.807, 2.05) is 18.7 Å². The number of nitrogens with zero attached hydrogens (tertiary/aromatic N) is 3. The fourth-order valence-corrected chi connectivity index (χ4v) is 4.72. The fourth-order valence-electron chi connectivity index (χ4n) is 3.67. The van der Waals surface area contributed by atoms with E-state index in [1.54, 1.807) is 12.1 Å². The van der Waals surface area contributed by atoms with Gasteiger partial charge in [-0.3, -0.25) is 9.59 Å². The minimum absolute atomic E-state index is 0.0602. The minimum Gasteiger partial charge on any atom is -0.368 e. The van der Waals surface area contributed by atoms with Gasteiger partial charge in [0.2, 0.25) is 5.91 Å². The van der Waals surface area contributed by atoms with Crippen molar-refractivity contribution in [2.75, 3.05) is 31.1 Å². The van der Waals surface area contributed by atoms with Crippen molar-refractivity contribution in [3.63, 3.8) is 0 Å². The van der Waals surface area contributed by atoms with Crippen LogP contribution in [-0.4, -0.2) is 47.0 Å². The molecule has 2 aromatic heterocycles. The zero-order chi connectivity index (χ0) is 20.5. The number of H-pyrrole nitrogens is 1. The number of piperazine rings is 1. The number of carbonyl (C=O) groups is 1. The number of rotatable bonds is 4. The van der Waals surface area contributed by atoms with Crippen molar-refractivity contribution >= 4 is 33.1 Å². The van der Waals surface area contributed by atoms with Crippen molar-refractivity contribution in [1.82, 2.24) is 14.9 Å². The van der Waals surface area contributed by atoms with Crippen LogP contribution in [0.5, 0.6) is 0 Å². The first kappa shape index (κ1) is 19.6. The van der Waals surface area contributed by atoms with E-state index in [-0.39, 0.29) is 17.3 Å². The van der Waals surface area contributed by atoms with Crippen molar-refractivity contribution in [3.05, 3.63) is 56.7 Å². The summed E-state index contributed by atoms with van der Waals surface area (Å²) >= 11 is 1.51. The van der Waals surface area contributed by atoms with Crippen LogP contribution in [0.2, 0.25) is 0 Å².